The molecule has 0 N–H and O–H groups in total. The van der Waals surface area contributed by atoms with E-state index in [1.165, 1.54) is 55.7 Å². The summed E-state index contributed by atoms with van der Waals surface area (Å²) in [5.41, 5.74) is 13.8. The van der Waals surface area contributed by atoms with Crippen molar-refractivity contribution in [2.75, 3.05) is 0 Å². The van der Waals surface area contributed by atoms with E-state index in [4.69, 9.17) is 9.97 Å². The molecule has 19 nitrogen and oxygen atoms in total. The van der Waals surface area contributed by atoms with Gasteiger partial charge in [-0.15, -0.1) is 0 Å². The Labute approximate surface area is 711 Å². The minimum absolute atomic E-state index is 0.775. The molecule has 0 atom stereocenters. The van der Waals surface area contributed by atoms with E-state index < -0.39 is 0 Å². The highest BCUT2D eigenvalue weighted by molar-refractivity contribution is 6.24. The molecule has 18 rings (SSSR count). The Balaban J connectivity index is 0. The normalized spacial score (nSPS) is 8.88. The SMILES string of the molecule is CC.CC.CC.CC.CC.CC.CC.CC.CC.CC.CC.Cc1cnccn1.Cc1nc2c3ccccc3c3ccccc3c2nc1C.Cc1nc2ccccc2nc1C.Cc1ncnc(C)n1.c1ccc2c(c1)c1ccccc1c1nccnc21.c1ccc2nccnc2c1.c1ccc2ncncc2c1.c1ccnnc1.c1cncnc1. The van der Waals surface area contributed by atoms with Crippen molar-refractivity contribution >= 4 is 98.1 Å². The van der Waals surface area contributed by atoms with Crippen molar-refractivity contribution in [3.63, 3.8) is 0 Å². The summed E-state index contributed by atoms with van der Waals surface area (Å²) >= 11 is 0. The second-order valence-electron chi connectivity index (χ2n) is 21.3. The monoisotopic (exact) mass is 1600 g/mol. The molecule has 0 unspecified atom stereocenters. The van der Waals surface area contributed by atoms with Crippen LogP contribution in [0.25, 0.3) is 98.1 Å². The third-order valence-electron chi connectivity index (χ3n) is 14.6. The fraction of sp³-hybridized carbons (Fsp3) is 0.290. The standard InChI is InChI=1S/C18H14N2.C16H10N2.C10H10N2.2C8H6N2.C5H7N3.C5H6N2.2C4H4N2.11C2H6/c1-11-12(2)20-18-16-10-6-4-8-14(16)13-7-3-5-9-15(13)17(18)19-11;1-3-7-13-11(5-1)12-6-2-4-8-14(12)16-15(13)17-9-10-18-16;1-7-8(2)12-10-6-4-3-5-9(10)11-7;1-2-4-8-7(3-1)5-9-6-10-8;1-2-4-8-7(3-1)9-5-6-10-8;1-4-6-3-7-5(2)8-4;1-5-4-6-2-3-7-5;1-2-5-4-6-3-1;1-2-4-6-5-3-1;11*1-2/h3-10H,1-2H3;1-10H;3-6H,1-2H3;2*1-6H;3H,1-2H3;2-4H,1H3;2*1-4H;11*1-2H3. The molecule has 0 aliphatic carbocycles. The molecule has 9 heterocycles. The largest absolute Gasteiger partial charge is 0.261 e. The maximum Gasteiger partial charge on any atom is 0.129 e. The summed E-state index contributed by atoms with van der Waals surface area (Å²) in [7, 11) is 0. The van der Waals surface area contributed by atoms with E-state index in [2.05, 4.69) is 170 Å². The van der Waals surface area contributed by atoms with Crippen molar-refractivity contribution in [3.8, 4) is 0 Å². The first-order valence-electron chi connectivity index (χ1n) is 41.9. The van der Waals surface area contributed by atoms with Crippen LogP contribution in [0.4, 0.5) is 0 Å². The quantitative estimate of drug-likeness (QED) is 0.128. The van der Waals surface area contributed by atoms with Gasteiger partial charge in [0.15, 0.2) is 0 Å². The zero-order valence-corrected chi connectivity index (χ0v) is 76.6. The van der Waals surface area contributed by atoms with Gasteiger partial charge < -0.3 is 0 Å². The summed E-state index contributed by atoms with van der Waals surface area (Å²) < 4.78 is 0. The van der Waals surface area contributed by atoms with E-state index in [9.17, 15) is 0 Å². The Morgan fingerprint density at radius 1 is 0.185 bits per heavy atom. The molecule has 0 radical (unpaired) electrons. The third kappa shape index (κ3) is 38.1. The summed E-state index contributed by atoms with van der Waals surface area (Å²) in [6.07, 6.45) is 25.0. The predicted molar refractivity (Wildman–Crippen MR) is 512 cm³/mol. The minimum atomic E-state index is 0.775. The van der Waals surface area contributed by atoms with Gasteiger partial charge in [-0.2, -0.15) is 10.2 Å². The van der Waals surface area contributed by atoms with Crippen LogP contribution in [0.5, 0.6) is 0 Å². The minimum Gasteiger partial charge on any atom is -0.261 e. The van der Waals surface area contributed by atoms with Crippen LogP contribution in [0.2, 0.25) is 0 Å². The first-order valence-corrected chi connectivity index (χ1v) is 41.9. The van der Waals surface area contributed by atoms with Gasteiger partial charge in [-0.25, -0.2) is 54.8 Å². The Hall–Kier alpha value is -13.0. The first kappa shape index (κ1) is 108. The van der Waals surface area contributed by atoms with E-state index in [0.29, 0.717) is 0 Å². The maximum absolute atomic E-state index is 4.79. The van der Waals surface area contributed by atoms with Crippen molar-refractivity contribution in [1.29, 1.82) is 0 Å². The second-order valence-corrected chi connectivity index (χ2v) is 21.3. The Morgan fingerprint density at radius 2 is 0.504 bits per heavy atom. The Kier molecular flexibility index (Phi) is 63.9. The van der Waals surface area contributed by atoms with Crippen LogP contribution < -0.4 is 0 Å². The first-order chi connectivity index (χ1) is 58.6. The van der Waals surface area contributed by atoms with Crippen molar-refractivity contribution in [2.24, 2.45) is 0 Å². The number of rotatable bonds is 0. The smallest absolute Gasteiger partial charge is 0.129 e. The molecule has 0 amide bonds. The van der Waals surface area contributed by atoms with Gasteiger partial charge in [0, 0.05) is 101 Å². The van der Waals surface area contributed by atoms with Crippen molar-refractivity contribution in [2.45, 2.75) is 201 Å². The molecule has 119 heavy (non-hydrogen) atoms. The average molecular weight is 1600 g/mol. The maximum atomic E-state index is 4.79. The van der Waals surface area contributed by atoms with E-state index in [1.807, 2.05) is 304 Å². The molecule has 628 valence electrons. The van der Waals surface area contributed by atoms with Gasteiger partial charge in [-0.1, -0.05) is 292 Å². The molecule has 0 spiro atoms. The van der Waals surface area contributed by atoms with E-state index in [-0.39, 0.29) is 0 Å². The van der Waals surface area contributed by atoms with Crippen LogP contribution >= 0.6 is 0 Å². The van der Waals surface area contributed by atoms with E-state index in [1.54, 1.807) is 80.6 Å². The molecule has 0 saturated heterocycles. The lowest BCUT2D eigenvalue weighted by atomic mass is 9.99. The van der Waals surface area contributed by atoms with Crippen molar-refractivity contribution < 1.29 is 0 Å². The average Bonchev–Trinajstić information content (AvgIpc) is 0.727. The molecular weight excluding hydrogens is 1470 g/mol. The number of aryl methyl sites for hydroxylation is 7. The number of nitrogens with zero attached hydrogens (tertiary/aromatic N) is 19. The molecule has 0 bridgehead atoms. The summed E-state index contributed by atoms with van der Waals surface area (Å²) in [4.78, 5) is 70.3. The molecular formula is C100H133N19. The topological polar surface area (TPSA) is 245 Å². The molecule has 0 aliphatic heterocycles. The lowest BCUT2D eigenvalue weighted by Crippen LogP contribution is -1.95. The third-order valence-corrected chi connectivity index (χ3v) is 14.6. The van der Waals surface area contributed by atoms with Gasteiger partial charge in [0.05, 0.1) is 78.1 Å². The highest BCUT2D eigenvalue weighted by Gasteiger charge is 2.12. The van der Waals surface area contributed by atoms with Crippen LogP contribution in [0.1, 0.15) is 192 Å². The number of hydrogen-bond donors (Lipinski definition) is 0. The molecule has 9 aromatic carbocycles. The predicted octanol–water partition coefficient (Wildman–Crippen LogP) is 27.5. The van der Waals surface area contributed by atoms with Gasteiger partial charge in [0.25, 0.3) is 0 Å². The molecule has 18 aromatic rings. The Morgan fingerprint density at radius 3 is 0.798 bits per heavy atom. The summed E-state index contributed by atoms with van der Waals surface area (Å²) in [5, 5.41) is 17.8. The molecule has 9 aromatic heterocycles. The fourth-order valence-electron chi connectivity index (χ4n) is 9.79. The highest BCUT2D eigenvalue weighted by atomic mass is 15.1. The zero-order valence-electron chi connectivity index (χ0n) is 76.6. The van der Waals surface area contributed by atoms with Crippen LogP contribution in [0.3, 0.4) is 0 Å². The highest BCUT2D eigenvalue weighted by Crippen LogP contribution is 2.34. The lowest BCUT2D eigenvalue weighted by molar-refractivity contribution is 0.920. The van der Waals surface area contributed by atoms with E-state index >= 15 is 0 Å². The summed E-state index contributed by atoms with van der Waals surface area (Å²) in [6, 6.07) is 62.7. The Bertz CT molecular complexity index is 4850. The van der Waals surface area contributed by atoms with Gasteiger partial charge in [0.2, 0.25) is 0 Å². The lowest BCUT2D eigenvalue weighted by Gasteiger charge is -2.10. The number of benzene rings is 9. The molecule has 19 heteroatoms. The molecule has 0 saturated carbocycles. The summed E-state index contributed by atoms with van der Waals surface area (Å²) in [6.45, 7) is 57.6. The van der Waals surface area contributed by atoms with E-state index in [0.717, 1.165) is 95.2 Å². The van der Waals surface area contributed by atoms with Gasteiger partial charge in [0.1, 0.15) is 30.6 Å². The number of para-hydroxylation sites is 5. The van der Waals surface area contributed by atoms with Crippen molar-refractivity contribution in [1.82, 2.24) is 94.9 Å². The van der Waals surface area contributed by atoms with Crippen LogP contribution in [-0.2, 0) is 0 Å². The number of hydrogen-bond acceptors (Lipinski definition) is 19. The van der Waals surface area contributed by atoms with Crippen molar-refractivity contribution in [3.05, 3.63) is 322 Å². The van der Waals surface area contributed by atoms with Gasteiger partial charge in [-0.3, -0.25) is 29.9 Å². The van der Waals surface area contributed by atoms with Crippen LogP contribution in [0, 0.1) is 48.5 Å². The number of fused-ring (bicyclic) bond motifs is 15. The zero-order chi connectivity index (χ0) is 89.4. The fourth-order valence-corrected chi connectivity index (χ4v) is 9.79. The van der Waals surface area contributed by atoms with Crippen LogP contribution in [-0.4, -0.2) is 94.9 Å². The molecule has 0 aliphatic rings. The van der Waals surface area contributed by atoms with Crippen LogP contribution in [0.15, 0.2) is 281 Å². The number of aromatic nitrogens is 19. The van der Waals surface area contributed by atoms with Gasteiger partial charge >= 0.3 is 0 Å². The second kappa shape index (κ2) is 70.4. The summed E-state index contributed by atoms with van der Waals surface area (Å²) in [5.74, 6) is 1.55. The molecule has 0 fully saturated rings. The van der Waals surface area contributed by atoms with Gasteiger partial charge in [-0.05, 0) is 119 Å².